The van der Waals surface area contributed by atoms with E-state index >= 15 is 0 Å². The fourth-order valence-electron chi connectivity index (χ4n) is 1.60. The molecule has 4 nitrogen and oxygen atoms in total. The minimum Gasteiger partial charge on any atom is -0.471 e. The van der Waals surface area contributed by atoms with Crippen LogP contribution in [0.2, 0.25) is 0 Å². The summed E-state index contributed by atoms with van der Waals surface area (Å²) in [6, 6.07) is 7.95. The van der Waals surface area contributed by atoms with Crippen molar-refractivity contribution in [3.05, 3.63) is 46.3 Å². The van der Waals surface area contributed by atoms with Crippen LogP contribution in [0.1, 0.15) is 18.2 Å². The molecule has 100 valence electrons. The van der Waals surface area contributed by atoms with Crippen molar-refractivity contribution in [3.63, 3.8) is 0 Å². The normalized spacial score (nSPS) is 12.0. The van der Waals surface area contributed by atoms with E-state index in [1.54, 1.807) is 0 Å². The summed E-state index contributed by atoms with van der Waals surface area (Å²) in [6.45, 7) is 5.90. The van der Waals surface area contributed by atoms with Gasteiger partial charge in [-0.3, -0.25) is 0 Å². The molecule has 5 heteroatoms. The highest BCUT2D eigenvalue weighted by Gasteiger charge is 2.09. The molecule has 2 rings (SSSR count). The van der Waals surface area contributed by atoms with Crippen LogP contribution in [0.4, 0.5) is 5.82 Å². The molecule has 0 radical (unpaired) electrons. The third-order valence-corrected chi connectivity index (χ3v) is 3.59. The monoisotopic (exact) mass is 321 g/mol. The van der Waals surface area contributed by atoms with Crippen molar-refractivity contribution in [2.45, 2.75) is 27.0 Å². The summed E-state index contributed by atoms with van der Waals surface area (Å²) in [7, 11) is 0. The van der Waals surface area contributed by atoms with E-state index < -0.39 is 0 Å². The van der Waals surface area contributed by atoms with E-state index in [1.807, 2.05) is 45.0 Å². The summed E-state index contributed by atoms with van der Waals surface area (Å²) in [5.74, 6) is 1.56. The lowest BCUT2D eigenvalue weighted by Crippen LogP contribution is -2.23. The van der Waals surface area contributed by atoms with Crippen LogP contribution in [-0.2, 0) is 0 Å². The van der Waals surface area contributed by atoms with Crippen molar-refractivity contribution in [1.82, 2.24) is 9.97 Å². The lowest BCUT2D eigenvalue weighted by atomic mass is 10.2. The maximum atomic E-state index is 5.78. The van der Waals surface area contributed by atoms with Crippen LogP contribution >= 0.6 is 15.9 Å². The molecule has 1 heterocycles. The molecule has 2 aromatic rings. The summed E-state index contributed by atoms with van der Waals surface area (Å²) in [4.78, 5) is 8.29. The third kappa shape index (κ3) is 3.67. The van der Waals surface area contributed by atoms with E-state index in [9.17, 15) is 0 Å². The second-order valence-corrected chi connectivity index (χ2v) is 5.13. The zero-order valence-electron chi connectivity index (χ0n) is 11.1. The SMILES string of the molecule is Cc1ccc(OC(C)Nc2ncnc(C)c2Br)cc1. The molecule has 0 bridgehead atoms. The molecule has 1 aromatic carbocycles. The number of hydrogen-bond acceptors (Lipinski definition) is 4. The Bertz CT molecular complexity index is 557. The molecule has 0 aliphatic rings. The van der Waals surface area contributed by atoms with Crippen molar-refractivity contribution in [1.29, 1.82) is 0 Å². The molecule has 19 heavy (non-hydrogen) atoms. The number of nitrogens with zero attached hydrogens (tertiary/aromatic N) is 2. The van der Waals surface area contributed by atoms with Gasteiger partial charge in [0.25, 0.3) is 0 Å². The summed E-state index contributed by atoms with van der Waals surface area (Å²) in [5.41, 5.74) is 2.10. The topological polar surface area (TPSA) is 47.0 Å². The van der Waals surface area contributed by atoms with Crippen LogP contribution in [0, 0.1) is 13.8 Å². The summed E-state index contributed by atoms with van der Waals surface area (Å²) < 4.78 is 6.63. The van der Waals surface area contributed by atoms with Gasteiger partial charge < -0.3 is 10.1 Å². The van der Waals surface area contributed by atoms with Gasteiger partial charge in [-0.25, -0.2) is 9.97 Å². The number of ether oxygens (including phenoxy) is 1. The molecule has 0 saturated heterocycles. The average Bonchev–Trinajstić information content (AvgIpc) is 2.38. The largest absolute Gasteiger partial charge is 0.471 e. The highest BCUT2D eigenvalue weighted by atomic mass is 79.9. The van der Waals surface area contributed by atoms with Gasteiger partial charge in [-0.1, -0.05) is 17.7 Å². The number of benzene rings is 1. The Morgan fingerprint density at radius 3 is 2.53 bits per heavy atom. The van der Waals surface area contributed by atoms with Crippen molar-refractivity contribution < 1.29 is 4.74 Å². The molecule has 1 N–H and O–H groups in total. The number of nitrogens with one attached hydrogen (secondary N) is 1. The zero-order valence-corrected chi connectivity index (χ0v) is 12.7. The van der Waals surface area contributed by atoms with Gasteiger partial charge in [-0.2, -0.15) is 0 Å². The van der Waals surface area contributed by atoms with Crippen LogP contribution in [-0.4, -0.2) is 16.2 Å². The first-order valence-corrected chi connectivity index (χ1v) is 6.82. The van der Waals surface area contributed by atoms with Gasteiger partial charge >= 0.3 is 0 Å². The van der Waals surface area contributed by atoms with E-state index in [4.69, 9.17) is 4.74 Å². The van der Waals surface area contributed by atoms with E-state index in [0.717, 1.165) is 21.7 Å². The van der Waals surface area contributed by atoms with Gasteiger partial charge in [0.15, 0.2) is 6.23 Å². The number of aromatic nitrogens is 2. The van der Waals surface area contributed by atoms with Gasteiger partial charge in [0, 0.05) is 0 Å². The highest BCUT2D eigenvalue weighted by Crippen LogP contribution is 2.23. The quantitative estimate of drug-likeness (QED) is 0.872. The van der Waals surface area contributed by atoms with Gasteiger partial charge in [0.1, 0.15) is 17.9 Å². The first-order valence-electron chi connectivity index (χ1n) is 6.03. The number of rotatable bonds is 4. The van der Waals surface area contributed by atoms with Crippen molar-refractivity contribution in [3.8, 4) is 5.75 Å². The number of aryl methyl sites for hydroxylation is 2. The molecule has 0 amide bonds. The van der Waals surface area contributed by atoms with E-state index in [2.05, 4.69) is 31.2 Å². The standard InChI is InChI=1S/C14H16BrN3O/c1-9-4-6-12(7-5-9)19-11(3)18-14-13(15)10(2)16-8-17-14/h4-8,11H,1-3H3,(H,16,17,18). The number of anilines is 1. The zero-order chi connectivity index (χ0) is 13.8. The molecule has 1 unspecified atom stereocenters. The lowest BCUT2D eigenvalue weighted by Gasteiger charge is -2.17. The van der Waals surface area contributed by atoms with Crippen molar-refractivity contribution >= 4 is 21.7 Å². The van der Waals surface area contributed by atoms with E-state index in [1.165, 1.54) is 11.9 Å². The Morgan fingerprint density at radius 2 is 1.84 bits per heavy atom. The molecule has 0 fully saturated rings. The van der Waals surface area contributed by atoms with Crippen molar-refractivity contribution in [2.24, 2.45) is 0 Å². The van der Waals surface area contributed by atoms with E-state index in [0.29, 0.717) is 0 Å². The second-order valence-electron chi connectivity index (χ2n) is 4.34. The molecule has 1 aromatic heterocycles. The Morgan fingerprint density at radius 1 is 1.16 bits per heavy atom. The Labute approximate surface area is 121 Å². The predicted octanol–water partition coefficient (Wildman–Crippen LogP) is 3.69. The fraction of sp³-hybridized carbons (Fsp3) is 0.286. The van der Waals surface area contributed by atoms with Crippen LogP contribution in [0.15, 0.2) is 35.1 Å². The van der Waals surface area contributed by atoms with Crippen LogP contribution in [0.5, 0.6) is 5.75 Å². The van der Waals surface area contributed by atoms with Gasteiger partial charge in [-0.15, -0.1) is 0 Å². The van der Waals surface area contributed by atoms with E-state index in [-0.39, 0.29) is 6.23 Å². The predicted molar refractivity (Wildman–Crippen MR) is 79.4 cm³/mol. The number of hydrogen-bond donors (Lipinski definition) is 1. The smallest absolute Gasteiger partial charge is 0.168 e. The molecule has 0 aliphatic heterocycles. The van der Waals surface area contributed by atoms with Crippen LogP contribution in [0.25, 0.3) is 0 Å². The van der Waals surface area contributed by atoms with Gasteiger partial charge in [0.2, 0.25) is 0 Å². The lowest BCUT2D eigenvalue weighted by molar-refractivity contribution is 0.250. The Hall–Kier alpha value is -1.62. The highest BCUT2D eigenvalue weighted by molar-refractivity contribution is 9.10. The Kier molecular flexibility index (Phi) is 4.37. The summed E-state index contributed by atoms with van der Waals surface area (Å²) >= 11 is 3.46. The minimum atomic E-state index is -0.187. The van der Waals surface area contributed by atoms with Gasteiger partial charge in [0.05, 0.1) is 10.2 Å². The molecule has 0 aliphatic carbocycles. The first kappa shape index (κ1) is 13.8. The fourth-order valence-corrected chi connectivity index (χ4v) is 1.92. The van der Waals surface area contributed by atoms with Crippen LogP contribution < -0.4 is 10.1 Å². The molecule has 0 saturated carbocycles. The number of halogens is 1. The molecular formula is C14H16BrN3O. The average molecular weight is 322 g/mol. The maximum Gasteiger partial charge on any atom is 0.168 e. The molecule has 1 atom stereocenters. The summed E-state index contributed by atoms with van der Waals surface area (Å²) in [5, 5.41) is 3.19. The molecular weight excluding hydrogens is 306 g/mol. The Balaban J connectivity index is 2.03. The van der Waals surface area contributed by atoms with Crippen LogP contribution in [0.3, 0.4) is 0 Å². The summed E-state index contributed by atoms with van der Waals surface area (Å²) in [6.07, 6.45) is 1.34. The second kappa shape index (κ2) is 6.02. The minimum absolute atomic E-state index is 0.187. The maximum absolute atomic E-state index is 5.78. The third-order valence-electron chi connectivity index (χ3n) is 2.64. The first-order chi connectivity index (χ1) is 9.06. The van der Waals surface area contributed by atoms with Crippen molar-refractivity contribution in [2.75, 3.05) is 5.32 Å². The molecule has 0 spiro atoms. The van der Waals surface area contributed by atoms with Gasteiger partial charge in [-0.05, 0) is 48.8 Å².